The molecule has 3 N–H and O–H groups in total. The summed E-state index contributed by atoms with van der Waals surface area (Å²) in [5, 5.41) is 8.86. The monoisotopic (exact) mass is 255 g/mol. The fourth-order valence-electron chi connectivity index (χ4n) is 1.98. The molecule has 0 bridgehead atoms. The second kappa shape index (κ2) is 6.73. The Hall–Kier alpha value is -1.10. The molecule has 1 fully saturated rings. The van der Waals surface area contributed by atoms with Gasteiger partial charge in [0.15, 0.2) is 0 Å². The number of hydrogen-bond acceptors (Lipinski definition) is 3. The standard InChI is InChI=1S/C13H25N3O2/c1-13(2,3)16-11(17)7-9-15-12(18)10-6-4-5-8-14-10/h10,14H,4-9H2,1-3H3,(H,15,18)(H,16,17)/t10-/m1/s1. The van der Waals surface area contributed by atoms with Gasteiger partial charge in [-0.25, -0.2) is 0 Å². The molecule has 0 aromatic heterocycles. The topological polar surface area (TPSA) is 70.2 Å². The van der Waals surface area contributed by atoms with Crippen molar-refractivity contribution in [3.63, 3.8) is 0 Å². The van der Waals surface area contributed by atoms with E-state index < -0.39 is 0 Å². The molecule has 5 nitrogen and oxygen atoms in total. The first-order valence-electron chi connectivity index (χ1n) is 6.70. The maximum absolute atomic E-state index is 11.8. The molecule has 0 radical (unpaired) electrons. The molecule has 104 valence electrons. The summed E-state index contributed by atoms with van der Waals surface area (Å²) in [4.78, 5) is 23.3. The highest BCUT2D eigenvalue weighted by atomic mass is 16.2. The first-order chi connectivity index (χ1) is 8.38. The Morgan fingerprint density at radius 3 is 2.56 bits per heavy atom. The van der Waals surface area contributed by atoms with Gasteiger partial charge in [-0.15, -0.1) is 0 Å². The van der Waals surface area contributed by atoms with E-state index in [0.29, 0.717) is 13.0 Å². The van der Waals surface area contributed by atoms with Gasteiger partial charge in [0.25, 0.3) is 0 Å². The van der Waals surface area contributed by atoms with E-state index in [1.807, 2.05) is 20.8 Å². The summed E-state index contributed by atoms with van der Waals surface area (Å²) in [7, 11) is 0. The first-order valence-corrected chi connectivity index (χ1v) is 6.70. The Morgan fingerprint density at radius 1 is 1.28 bits per heavy atom. The summed E-state index contributed by atoms with van der Waals surface area (Å²) in [6.07, 6.45) is 3.45. The molecule has 2 amide bonds. The highest BCUT2D eigenvalue weighted by Gasteiger charge is 2.20. The second-order valence-corrected chi connectivity index (χ2v) is 5.84. The van der Waals surface area contributed by atoms with Gasteiger partial charge in [0, 0.05) is 18.5 Å². The first kappa shape index (κ1) is 15.0. The van der Waals surface area contributed by atoms with Crippen molar-refractivity contribution in [1.82, 2.24) is 16.0 Å². The largest absolute Gasteiger partial charge is 0.354 e. The van der Waals surface area contributed by atoms with Crippen LogP contribution in [0.15, 0.2) is 0 Å². The zero-order valence-electron chi connectivity index (χ0n) is 11.6. The molecule has 1 atom stereocenters. The lowest BCUT2D eigenvalue weighted by molar-refractivity contribution is -0.124. The maximum Gasteiger partial charge on any atom is 0.237 e. The van der Waals surface area contributed by atoms with Crippen LogP contribution >= 0.6 is 0 Å². The predicted octanol–water partition coefficient (Wildman–Crippen LogP) is 0.550. The summed E-state index contributed by atoms with van der Waals surface area (Å²) in [6, 6.07) is -0.0792. The Morgan fingerprint density at radius 2 is 2.00 bits per heavy atom. The molecule has 0 aromatic carbocycles. The van der Waals surface area contributed by atoms with Crippen LogP contribution in [0.5, 0.6) is 0 Å². The van der Waals surface area contributed by atoms with E-state index >= 15 is 0 Å². The minimum absolute atomic E-state index is 0.0123. The third kappa shape index (κ3) is 6.00. The van der Waals surface area contributed by atoms with E-state index in [4.69, 9.17) is 0 Å². The fraction of sp³-hybridized carbons (Fsp3) is 0.846. The number of piperidine rings is 1. The second-order valence-electron chi connectivity index (χ2n) is 5.84. The van der Waals surface area contributed by atoms with Crippen LogP contribution < -0.4 is 16.0 Å². The average Bonchev–Trinajstić information content (AvgIpc) is 2.27. The smallest absolute Gasteiger partial charge is 0.237 e. The van der Waals surface area contributed by atoms with E-state index in [9.17, 15) is 9.59 Å². The number of carbonyl (C=O) groups is 2. The normalized spacial score (nSPS) is 20.3. The lowest BCUT2D eigenvalue weighted by Gasteiger charge is -2.23. The van der Waals surface area contributed by atoms with Crippen molar-refractivity contribution >= 4 is 11.8 Å². The van der Waals surface area contributed by atoms with Gasteiger partial charge < -0.3 is 16.0 Å². The van der Waals surface area contributed by atoms with Gasteiger partial charge in [0.1, 0.15) is 0 Å². The van der Waals surface area contributed by atoms with Crippen molar-refractivity contribution in [2.45, 2.75) is 58.0 Å². The third-order valence-electron chi connectivity index (χ3n) is 2.79. The van der Waals surface area contributed by atoms with Crippen molar-refractivity contribution < 1.29 is 9.59 Å². The number of carbonyl (C=O) groups excluding carboxylic acids is 2. The molecule has 0 saturated carbocycles. The van der Waals surface area contributed by atoms with Crippen molar-refractivity contribution in [1.29, 1.82) is 0 Å². The van der Waals surface area contributed by atoms with Crippen LogP contribution in [0.2, 0.25) is 0 Å². The van der Waals surface area contributed by atoms with Gasteiger partial charge in [-0.1, -0.05) is 6.42 Å². The molecular formula is C13H25N3O2. The van der Waals surface area contributed by atoms with Crippen LogP contribution in [0.25, 0.3) is 0 Å². The van der Waals surface area contributed by atoms with Gasteiger partial charge in [0.2, 0.25) is 11.8 Å². The lowest BCUT2D eigenvalue weighted by atomic mass is 10.0. The van der Waals surface area contributed by atoms with Crippen molar-refractivity contribution in [2.75, 3.05) is 13.1 Å². The van der Waals surface area contributed by atoms with Crippen molar-refractivity contribution in [3.05, 3.63) is 0 Å². The molecule has 0 aliphatic carbocycles. The quantitative estimate of drug-likeness (QED) is 0.687. The minimum Gasteiger partial charge on any atom is -0.354 e. The Kier molecular flexibility index (Phi) is 5.59. The summed E-state index contributed by atoms with van der Waals surface area (Å²) in [5.74, 6) is -0.0161. The third-order valence-corrected chi connectivity index (χ3v) is 2.79. The minimum atomic E-state index is -0.216. The van der Waals surface area contributed by atoms with E-state index in [-0.39, 0.29) is 23.4 Å². The van der Waals surface area contributed by atoms with E-state index in [1.54, 1.807) is 0 Å². The molecule has 1 rings (SSSR count). The molecule has 5 heteroatoms. The highest BCUT2D eigenvalue weighted by molar-refractivity contribution is 5.83. The van der Waals surface area contributed by atoms with Crippen LogP contribution in [0.1, 0.15) is 46.5 Å². The van der Waals surface area contributed by atoms with E-state index in [0.717, 1.165) is 25.8 Å². The molecule has 0 spiro atoms. The summed E-state index contributed by atoms with van der Waals surface area (Å²) in [5.41, 5.74) is -0.216. The maximum atomic E-state index is 11.8. The Labute approximate surface area is 109 Å². The Bertz CT molecular complexity index is 291. The molecular weight excluding hydrogens is 230 g/mol. The number of amides is 2. The molecule has 1 heterocycles. The van der Waals surface area contributed by atoms with E-state index in [1.165, 1.54) is 0 Å². The molecule has 0 aromatic rings. The van der Waals surface area contributed by atoms with Gasteiger partial charge in [-0.3, -0.25) is 9.59 Å². The average molecular weight is 255 g/mol. The van der Waals surface area contributed by atoms with E-state index in [2.05, 4.69) is 16.0 Å². The van der Waals surface area contributed by atoms with Crippen molar-refractivity contribution in [3.8, 4) is 0 Å². The lowest BCUT2D eigenvalue weighted by Crippen LogP contribution is -2.47. The van der Waals surface area contributed by atoms with Gasteiger partial charge in [-0.2, -0.15) is 0 Å². The number of hydrogen-bond donors (Lipinski definition) is 3. The highest BCUT2D eigenvalue weighted by Crippen LogP contribution is 2.06. The fourth-order valence-corrected chi connectivity index (χ4v) is 1.98. The summed E-state index contributed by atoms with van der Waals surface area (Å²) in [6.45, 7) is 7.13. The predicted molar refractivity (Wildman–Crippen MR) is 71.2 cm³/mol. The Balaban J connectivity index is 2.17. The summed E-state index contributed by atoms with van der Waals surface area (Å²) >= 11 is 0. The van der Waals surface area contributed by atoms with Gasteiger partial charge >= 0.3 is 0 Å². The summed E-state index contributed by atoms with van der Waals surface area (Å²) < 4.78 is 0. The molecule has 0 unspecified atom stereocenters. The van der Waals surface area contributed by atoms with Crippen LogP contribution in [-0.2, 0) is 9.59 Å². The van der Waals surface area contributed by atoms with Crippen LogP contribution in [-0.4, -0.2) is 36.5 Å². The van der Waals surface area contributed by atoms with Crippen LogP contribution in [0.3, 0.4) is 0 Å². The van der Waals surface area contributed by atoms with Crippen LogP contribution in [0.4, 0.5) is 0 Å². The van der Waals surface area contributed by atoms with Gasteiger partial charge in [0.05, 0.1) is 6.04 Å². The zero-order valence-corrected chi connectivity index (χ0v) is 11.6. The molecule has 1 saturated heterocycles. The number of nitrogens with one attached hydrogen (secondary N) is 3. The molecule has 1 aliphatic heterocycles. The number of rotatable bonds is 4. The molecule has 1 aliphatic rings. The zero-order chi connectivity index (χ0) is 13.6. The van der Waals surface area contributed by atoms with Crippen LogP contribution in [0, 0.1) is 0 Å². The van der Waals surface area contributed by atoms with Gasteiger partial charge in [-0.05, 0) is 40.2 Å². The SMILES string of the molecule is CC(C)(C)NC(=O)CCNC(=O)[C@H]1CCCCN1. The molecule has 18 heavy (non-hydrogen) atoms. The van der Waals surface area contributed by atoms with Crippen molar-refractivity contribution in [2.24, 2.45) is 0 Å².